The van der Waals surface area contributed by atoms with E-state index in [2.05, 4.69) is 70.4 Å². The van der Waals surface area contributed by atoms with E-state index in [4.69, 9.17) is 4.74 Å². The zero-order valence-electron chi connectivity index (χ0n) is 24.0. The molecule has 0 rings (SSSR count). The predicted octanol–water partition coefficient (Wildman–Crippen LogP) is 6.65. The SMILES string of the molecule is CC(C)=CCC/C(C)=C/CC/C(C)=C/CSCC(NC(=O)CNC(=O)OC(C)(C)C)C(=O)O.CCC. The molecule has 0 bridgehead atoms. The van der Waals surface area contributed by atoms with E-state index >= 15 is 0 Å². The van der Waals surface area contributed by atoms with Gasteiger partial charge in [0.1, 0.15) is 18.2 Å². The Labute approximate surface area is 223 Å². The van der Waals surface area contributed by atoms with Crippen molar-refractivity contribution in [1.29, 1.82) is 0 Å². The lowest BCUT2D eigenvalue weighted by Crippen LogP contribution is -2.47. The van der Waals surface area contributed by atoms with Crippen molar-refractivity contribution in [3.63, 3.8) is 0 Å². The third-order valence-electron chi connectivity index (χ3n) is 4.38. The number of carboxylic acids is 1. The maximum atomic E-state index is 12.0. The molecule has 0 radical (unpaired) electrons. The fourth-order valence-electron chi connectivity index (χ4n) is 2.61. The van der Waals surface area contributed by atoms with Crippen molar-refractivity contribution in [2.45, 2.75) is 106 Å². The number of hydrogen-bond acceptors (Lipinski definition) is 5. The molecular weight excluding hydrogens is 476 g/mol. The van der Waals surface area contributed by atoms with Crippen LogP contribution >= 0.6 is 11.8 Å². The Morgan fingerprint density at radius 1 is 0.944 bits per heavy atom. The van der Waals surface area contributed by atoms with Crippen LogP contribution in [0.25, 0.3) is 0 Å². The van der Waals surface area contributed by atoms with Crippen LogP contribution in [-0.2, 0) is 14.3 Å². The molecule has 3 N–H and O–H groups in total. The summed E-state index contributed by atoms with van der Waals surface area (Å²) in [7, 11) is 0. The maximum Gasteiger partial charge on any atom is 0.408 e. The summed E-state index contributed by atoms with van der Waals surface area (Å²) < 4.78 is 5.05. The van der Waals surface area contributed by atoms with Crippen LogP contribution in [0, 0.1) is 0 Å². The van der Waals surface area contributed by atoms with E-state index in [1.807, 2.05) is 0 Å². The van der Waals surface area contributed by atoms with Gasteiger partial charge in [-0.25, -0.2) is 9.59 Å². The van der Waals surface area contributed by atoms with Crippen LogP contribution in [0.15, 0.2) is 34.9 Å². The summed E-state index contributed by atoms with van der Waals surface area (Å²) in [6.45, 7) is 17.5. The molecule has 0 aromatic rings. The molecule has 0 saturated heterocycles. The molecule has 0 spiro atoms. The van der Waals surface area contributed by atoms with Gasteiger partial charge in [-0.1, -0.05) is 55.2 Å². The lowest BCUT2D eigenvalue weighted by atomic mass is 10.1. The van der Waals surface area contributed by atoms with Gasteiger partial charge < -0.3 is 20.5 Å². The maximum absolute atomic E-state index is 12.0. The topological polar surface area (TPSA) is 105 Å². The molecule has 0 aliphatic heterocycles. The Bertz CT molecular complexity index is 748. The van der Waals surface area contributed by atoms with E-state index < -0.39 is 29.6 Å². The van der Waals surface area contributed by atoms with Crippen molar-refractivity contribution in [2.24, 2.45) is 0 Å². The highest BCUT2D eigenvalue weighted by atomic mass is 32.2. The van der Waals surface area contributed by atoms with Gasteiger partial charge in [-0.05, 0) is 74.1 Å². The van der Waals surface area contributed by atoms with Crippen LogP contribution in [0.5, 0.6) is 0 Å². The number of carboxylic acid groups (broad SMARTS) is 1. The van der Waals surface area contributed by atoms with Crippen LogP contribution in [0.1, 0.15) is 94.4 Å². The minimum absolute atomic E-state index is 0.237. The number of ether oxygens (including phenoxy) is 1. The molecule has 36 heavy (non-hydrogen) atoms. The number of hydrogen-bond donors (Lipinski definition) is 3. The standard InChI is InChI=1S/C25H42N2O5S.C3H8/c1-18(2)10-8-11-19(3)12-9-13-20(4)14-15-33-17-21(23(29)30)27-22(28)16-26-24(31)32-25(5,6)7;1-3-2/h10,12,14,21H,8-9,11,13,15-17H2,1-7H3,(H,26,31)(H,27,28)(H,29,30);3H2,1-2H3/b19-12+,20-14+;. The highest BCUT2D eigenvalue weighted by Crippen LogP contribution is 2.13. The average molecular weight is 527 g/mol. The first-order chi connectivity index (χ1) is 16.7. The number of thioether (sulfide) groups is 1. The molecule has 0 saturated carbocycles. The third-order valence-corrected chi connectivity index (χ3v) is 5.35. The van der Waals surface area contributed by atoms with Gasteiger partial charge in [-0.15, -0.1) is 0 Å². The Balaban J connectivity index is 0. The van der Waals surface area contributed by atoms with Crippen molar-refractivity contribution in [3.8, 4) is 0 Å². The quantitative estimate of drug-likeness (QED) is 0.173. The smallest absolute Gasteiger partial charge is 0.408 e. The van der Waals surface area contributed by atoms with Crippen LogP contribution in [0.3, 0.4) is 0 Å². The van der Waals surface area contributed by atoms with Gasteiger partial charge in [0.15, 0.2) is 0 Å². The lowest BCUT2D eigenvalue weighted by Gasteiger charge is -2.20. The van der Waals surface area contributed by atoms with Gasteiger partial charge >= 0.3 is 12.1 Å². The first-order valence-electron chi connectivity index (χ1n) is 12.7. The molecule has 7 nitrogen and oxygen atoms in total. The molecule has 1 unspecified atom stereocenters. The highest BCUT2D eigenvalue weighted by molar-refractivity contribution is 7.99. The number of rotatable bonds is 14. The first kappa shape index (κ1) is 35.9. The van der Waals surface area contributed by atoms with Crippen LogP contribution in [0.4, 0.5) is 4.79 Å². The van der Waals surface area contributed by atoms with E-state index in [-0.39, 0.29) is 12.3 Å². The van der Waals surface area contributed by atoms with Crippen LogP contribution < -0.4 is 10.6 Å². The molecule has 0 fully saturated rings. The van der Waals surface area contributed by atoms with E-state index in [9.17, 15) is 19.5 Å². The van der Waals surface area contributed by atoms with E-state index in [0.29, 0.717) is 5.75 Å². The summed E-state index contributed by atoms with van der Waals surface area (Å²) in [5.41, 5.74) is 3.33. The van der Waals surface area contributed by atoms with Crippen molar-refractivity contribution >= 4 is 29.7 Å². The lowest BCUT2D eigenvalue weighted by molar-refractivity contribution is -0.140. The second-order valence-corrected chi connectivity index (χ2v) is 11.1. The van der Waals surface area contributed by atoms with Crippen molar-refractivity contribution < 1.29 is 24.2 Å². The largest absolute Gasteiger partial charge is 0.480 e. The first-order valence-corrected chi connectivity index (χ1v) is 13.9. The van der Waals surface area contributed by atoms with Crippen LogP contribution in [-0.4, -0.2) is 52.8 Å². The molecular formula is C28H50N2O5S. The van der Waals surface area contributed by atoms with Crippen LogP contribution in [0.2, 0.25) is 0 Å². The van der Waals surface area contributed by atoms with Gasteiger partial charge in [-0.3, -0.25) is 4.79 Å². The number of alkyl carbamates (subject to hydrolysis) is 1. The molecule has 0 heterocycles. The molecule has 0 aliphatic carbocycles. The number of allylic oxidation sites excluding steroid dienone is 5. The van der Waals surface area contributed by atoms with Gasteiger partial charge in [0, 0.05) is 11.5 Å². The molecule has 2 amide bonds. The van der Waals surface area contributed by atoms with Crippen molar-refractivity contribution in [1.82, 2.24) is 10.6 Å². The minimum atomic E-state index is -1.11. The predicted molar refractivity (Wildman–Crippen MR) is 153 cm³/mol. The zero-order chi connectivity index (χ0) is 28.1. The second-order valence-electron chi connectivity index (χ2n) is 10.0. The summed E-state index contributed by atoms with van der Waals surface area (Å²) in [4.78, 5) is 35.0. The van der Waals surface area contributed by atoms with Crippen molar-refractivity contribution in [3.05, 3.63) is 34.9 Å². The molecule has 1 atom stereocenters. The second kappa shape index (κ2) is 20.9. The van der Waals surface area contributed by atoms with E-state index in [1.54, 1.807) is 20.8 Å². The summed E-state index contributed by atoms with van der Waals surface area (Å²) in [5.74, 6) is -0.777. The van der Waals surface area contributed by atoms with E-state index in [1.165, 1.54) is 34.9 Å². The number of amides is 2. The Morgan fingerprint density at radius 3 is 1.97 bits per heavy atom. The molecule has 8 heteroatoms. The van der Waals surface area contributed by atoms with Gasteiger partial charge in [0.2, 0.25) is 5.91 Å². The number of nitrogens with one attached hydrogen (secondary N) is 2. The summed E-state index contributed by atoms with van der Waals surface area (Å²) in [5, 5.41) is 14.1. The molecule has 0 aromatic heterocycles. The summed E-state index contributed by atoms with van der Waals surface area (Å²) in [6.07, 6.45) is 11.3. The number of carbonyl (C=O) groups is 3. The highest BCUT2D eigenvalue weighted by Gasteiger charge is 2.21. The Hall–Kier alpha value is -2.22. The molecule has 0 aromatic carbocycles. The number of aliphatic carboxylic acids is 1. The molecule has 0 aliphatic rings. The van der Waals surface area contributed by atoms with E-state index in [0.717, 1.165) is 25.7 Å². The fourth-order valence-corrected chi connectivity index (χ4v) is 3.61. The molecule has 208 valence electrons. The summed E-state index contributed by atoms with van der Waals surface area (Å²) >= 11 is 1.44. The average Bonchev–Trinajstić information content (AvgIpc) is 2.73. The van der Waals surface area contributed by atoms with Gasteiger partial charge in [0.25, 0.3) is 0 Å². The minimum Gasteiger partial charge on any atom is -0.480 e. The number of carbonyl (C=O) groups excluding carboxylic acids is 2. The van der Waals surface area contributed by atoms with Crippen molar-refractivity contribution in [2.75, 3.05) is 18.1 Å². The zero-order valence-corrected chi connectivity index (χ0v) is 24.8. The third kappa shape index (κ3) is 24.9. The Morgan fingerprint density at radius 2 is 1.47 bits per heavy atom. The Kier molecular flexibility index (Phi) is 20.9. The normalized spacial score (nSPS) is 12.6. The summed E-state index contributed by atoms with van der Waals surface area (Å²) in [6, 6.07) is -1.02. The fraction of sp³-hybridized carbons (Fsp3) is 0.679. The van der Waals surface area contributed by atoms with Gasteiger partial charge in [0.05, 0.1) is 0 Å². The van der Waals surface area contributed by atoms with Gasteiger partial charge in [-0.2, -0.15) is 11.8 Å². The monoisotopic (exact) mass is 526 g/mol.